The lowest BCUT2D eigenvalue weighted by Gasteiger charge is -2.14. The number of urea groups is 1. The maximum Gasteiger partial charge on any atom is 0.326 e. The molecular weight excluding hydrogens is 306 g/mol. The monoisotopic (exact) mass is 323 g/mol. The molecule has 22 heavy (non-hydrogen) atoms. The average Bonchev–Trinajstić information content (AvgIpc) is 2.69. The number of hydrogen-bond donors (Lipinski definition) is 1. The molecule has 1 aliphatic heterocycles. The minimum Gasteiger partial charge on any atom is -0.326 e. The number of nitrogens with zero attached hydrogens (tertiary/aromatic N) is 2. The molecule has 1 aromatic rings. The van der Waals surface area contributed by atoms with Crippen LogP contribution >= 0.6 is 11.6 Å². The van der Waals surface area contributed by atoms with Crippen LogP contribution in [-0.2, 0) is 9.59 Å². The summed E-state index contributed by atoms with van der Waals surface area (Å²) in [6.45, 7) is 2.24. The minimum atomic E-state index is -0.309. The molecule has 1 saturated heterocycles. The summed E-state index contributed by atoms with van der Waals surface area (Å²) < 4.78 is 0. The third-order valence-corrected chi connectivity index (χ3v) is 3.73. The predicted octanol–water partition coefficient (Wildman–Crippen LogP) is 2.26. The van der Waals surface area contributed by atoms with Gasteiger partial charge >= 0.3 is 6.03 Å². The van der Waals surface area contributed by atoms with Crippen molar-refractivity contribution in [2.45, 2.75) is 19.8 Å². The van der Waals surface area contributed by atoms with E-state index in [1.165, 1.54) is 9.80 Å². The molecule has 0 spiro atoms. The SMILES string of the molecule is Cc1ccc(Cl)cc1NC(=O)CCCN1C(=O)CN(C)C1=O. The van der Waals surface area contributed by atoms with E-state index in [9.17, 15) is 14.4 Å². The first kappa shape index (κ1) is 16.3. The lowest BCUT2D eigenvalue weighted by molar-refractivity contribution is -0.125. The van der Waals surface area contributed by atoms with Gasteiger partial charge in [-0.1, -0.05) is 17.7 Å². The number of nitrogens with one attached hydrogen (secondary N) is 1. The van der Waals surface area contributed by atoms with Gasteiger partial charge in [-0.25, -0.2) is 4.79 Å². The third-order valence-electron chi connectivity index (χ3n) is 3.49. The van der Waals surface area contributed by atoms with Gasteiger partial charge in [-0.2, -0.15) is 0 Å². The van der Waals surface area contributed by atoms with Crippen LogP contribution in [0.15, 0.2) is 18.2 Å². The first-order valence-corrected chi connectivity index (χ1v) is 7.37. The molecule has 7 heteroatoms. The van der Waals surface area contributed by atoms with E-state index in [2.05, 4.69) is 5.32 Å². The van der Waals surface area contributed by atoms with Gasteiger partial charge in [-0.05, 0) is 31.0 Å². The molecule has 0 saturated carbocycles. The Labute approximate surface area is 134 Å². The number of rotatable bonds is 5. The zero-order valence-electron chi connectivity index (χ0n) is 12.6. The van der Waals surface area contributed by atoms with Crippen LogP contribution in [0.3, 0.4) is 0 Å². The van der Waals surface area contributed by atoms with E-state index in [-0.39, 0.29) is 37.4 Å². The molecule has 1 aromatic carbocycles. The van der Waals surface area contributed by atoms with Crippen LogP contribution in [0.1, 0.15) is 18.4 Å². The molecule has 0 aromatic heterocycles. The van der Waals surface area contributed by atoms with Gasteiger partial charge in [0.05, 0.1) is 0 Å². The normalized spacial score (nSPS) is 14.7. The van der Waals surface area contributed by atoms with Crippen LogP contribution in [0.5, 0.6) is 0 Å². The van der Waals surface area contributed by atoms with Crippen LogP contribution in [0.4, 0.5) is 10.5 Å². The number of aryl methyl sites for hydroxylation is 1. The molecule has 1 N–H and O–H groups in total. The Morgan fingerprint density at radius 1 is 1.36 bits per heavy atom. The Bertz CT molecular complexity index is 618. The first-order valence-electron chi connectivity index (χ1n) is 7.00. The van der Waals surface area contributed by atoms with Crippen molar-refractivity contribution in [3.8, 4) is 0 Å². The van der Waals surface area contributed by atoms with Crippen LogP contribution in [0.2, 0.25) is 5.02 Å². The van der Waals surface area contributed by atoms with Gasteiger partial charge in [-0.15, -0.1) is 0 Å². The fourth-order valence-corrected chi connectivity index (χ4v) is 2.40. The topological polar surface area (TPSA) is 69.7 Å². The van der Waals surface area contributed by atoms with Crippen molar-refractivity contribution in [2.75, 3.05) is 25.5 Å². The maximum absolute atomic E-state index is 11.9. The highest BCUT2D eigenvalue weighted by Gasteiger charge is 2.32. The Balaban J connectivity index is 1.82. The molecule has 0 atom stereocenters. The summed E-state index contributed by atoms with van der Waals surface area (Å²) >= 11 is 5.90. The lowest BCUT2D eigenvalue weighted by atomic mass is 10.2. The number of carbonyl (C=O) groups is 3. The van der Waals surface area contributed by atoms with E-state index >= 15 is 0 Å². The summed E-state index contributed by atoms with van der Waals surface area (Å²) in [5, 5.41) is 3.34. The summed E-state index contributed by atoms with van der Waals surface area (Å²) in [5.41, 5.74) is 1.59. The molecule has 6 nitrogen and oxygen atoms in total. The van der Waals surface area contributed by atoms with Crippen molar-refractivity contribution in [1.82, 2.24) is 9.80 Å². The van der Waals surface area contributed by atoms with Crippen molar-refractivity contribution in [3.63, 3.8) is 0 Å². The highest BCUT2D eigenvalue weighted by atomic mass is 35.5. The second-order valence-electron chi connectivity index (χ2n) is 5.29. The molecule has 4 amide bonds. The average molecular weight is 324 g/mol. The van der Waals surface area contributed by atoms with Gasteiger partial charge in [0, 0.05) is 30.7 Å². The van der Waals surface area contributed by atoms with Gasteiger partial charge < -0.3 is 10.2 Å². The molecule has 0 unspecified atom stereocenters. The zero-order valence-corrected chi connectivity index (χ0v) is 13.3. The number of benzene rings is 1. The van der Waals surface area contributed by atoms with E-state index in [0.717, 1.165) is 5.56 Å². The van der Waals surface area contributed by atoms with Gasteiger partial charge in [0.2, 0.25) is 11.8 Å². The molecule has 118 valence electrons. The predicted molar refractivity (Wildman–Crippen MR) is 83.8 cm³/mol. The Hall–Kier alpha value is -2.08. The van der Waals surface area contributed by atoms with E-state index in [1.54, 1.807) is 19.2 Å². The number of likely N-dealkylation sites (N-methyl/N-ethyl adjacent to an activating group) is 1. The second kappa shape index (κ2) is 6.79. The summed E-state index contributed by atoms with van der Waals surface area (Å²) in [6, 6.07) is 4.97. The quantitative estimate of drug-likeness (QED) is 0.845. The van der Waals surface area contributed by atoms with Crippen molar-refractivity contribution in [2.24, 2.45) is 0 Å². The van der Waals surface area contributed by atoms with Gasteiger partial charge in [0.25, 0.3) is 0 Å². The summed E-state index contributed by atoms with van der Waals surface area (Å²) in [7, 11) is 1.58. The Morgan fingerprint density at radius 3 is 2.73 bits per heavy atom. The van der Waals surface area contributed by atoms with E-state index in [4.69, 9.17) is 11.6 Å². The molecule has 0 bridgehead atoms. The summed E-state index contributed by atoms with van der Waals surface area (Å²) in [5.74, 6) is -0.392. The van der Waals surface area contributed by atoms with E-state index < -0.39 is 0 Å². The number of amides is 4. The van der Waals surface area contributed by atoms with Crippen molar-refractivity contribution < 1.29 is 14.4 Å². The molecule has 1 aliphatic rings. The largest absolute Gasteiger partial charge is 0.326 e. The van der Waals surface area contributed by atoms with Crippen LogP contribution < -0.4 is 5.32 Å². The first-order chi connectivity index (χ1) is 10.4. The van der Waals surface area contributed by atoms with Crippen LogP contribution in [0.25, 0.3) is 0 Å². The van der Waals surface area contributed by atoms with Gasteiger partial charge in [-0.3, -0.25) is 14.5 Å². The van der Waals surface area contributed by atoms with E-state index in [0.29, 0.717) is 17.1 Å². The minimum absolute atomic E-state index is 0.104. The Kier molecular flexibility index (Phi) is 5.03. The standard InChI is InChI=1S/C15H18ClN3O3/c1-10-5-6-11(16)8-12(10)17-13(20)4-3-7-19-14(21)9-18(2)15(19)22/h5-6,8H,3-4,7,9H2,1-2H3,(H,17,20). The summed E-state index contributed by atoms with van der Waals surface area (Å²) in [6.07, 6.45) is 0.656. The highest BCUT2D eigenvalue weighted by molar-refractivity contribution is 6.31. The van der Waals surface area contributed by atoms with Crippen LogP contribution in [-0.4, -0.2) is 47.8 Å². The molecular formula is C15H18ClN3O3. The van der Waals surface area contributed by atoms with Gasteiger partial charge in [0.15, 0.2) is 0 Å². The zero-order chi connectivity index (χ0) is 16.3. The van der Waals surface area contributed by atoms with E-state index in [1.807, 2.05) is 13.0 Å². The molecule has 1 fully saturated rings. The maximum atomic E-state index is 11.9. The summed E-state index contributed by atoms with van der Waals surface area (Å²) in [4.78, 5) is 37.7. The molecule has 0 radical (unpaired) electrons. The third kappa shape index (κ3) is 3.76. The smallest absolute Gasteiger partial charge is 0.326 e. The highest BCUT2D eigenvalue weighted by Crippen LogP contribution is 2.20. The fraction of sp³-hybridized carbons (Fsp3) is 0.400. The molecule has 2 rings (SSSR count). The fourth-order valence-electron chi connectivity index (χ4n) is 2.23. The number of anilines is 1. The number of imide groups is 1. The van der Waals surface area contributed by atoms with Gasteiger partial charge in [0.1, 0.15) is 6.54 Å². The lowest BCUT2D eigenvalue weighted by Crippen LogP contribution is -2.32. The number of hydrogen-bond acceptors (Lipinski definition) is 3. The van der Waals surface area contributed by atoms with Crippen molar-refractivity contribution >= 4 is 35.1 Å². The van der Waals surface area contributed by atoms with Crippen LogP contribution in [0, 0.1) is 6.92 Å². The van der Waals surface area contributed by atoms with Crippen molar-refractivity contribution in [1.29, 1.82) is 0 Å². The molecule has 0 aliphatic carbocycles. The number of halogens is 1. The Morgan fingerprint density at radius 2 is 2.09 bits per heavy atom. The molecule has 1 heterocycles. The number of carbonyl (C=O) groups excluding carboxylic acids is 3. The second-order valence-corrected chi connectivity index (χ2v) is 5.73. The van der Waals surface area contributed by atoms with Crippen molar-refractivity contribution in [3.05, 3.63) is 28.8 Å².